The smallest absolute Gasteiger partial charge is 0.0349 e. The summed E-state index contributed by atoms with van der Waals surface area (Å²) >= 11 is 1.85. The van der Waals surface area contributed by atoms with E-state index in [-0.39, 0.29) is 0 Å². The molecule has 0 bridgehead atoms. The highest BCUT2D eigenvalue weighted by molar-refractivity contribution is 7.19. The number of nitrogens with zero attached hydrogens (tertiary/aromatic N) is 1. The van der Waals surface area contributed by atoms with Crippen LogP contribution in [-0.4, -0.2) is 18.5 Å². The van der Waals surface area contributed by atoms with Crippen molar-refractivity contribution in [3.8, 4) is 0 Å². The van der Waals surface area contributed by atoms with E-state index < -0.39 is 0 Å². The van der Waals surface area contributed by atoms with E-state index in [1.54, 1.807) is 0 Å². The molecule has 3 heteroatoms. The first-order valence-corrected chi connectivity index (χ1v) is 7.97. The Balaban J connectivity index is 1.81. The summed E-state index contributed by atoms with van der Waals surface area (Å²) in [7, 11) is 2.24. The third-order valence-corrected chi connectivity index (χ3v) is 5.43. The molecule has 2 N–H and O–H groups in total. The Morgan fingerprint density at radius 3 is 2.79 bits per heavy atom. The summed E-state index contributed by atoms with van der Waals surface area (Å²) in [4.78, 5) is 3.82. The van der Waals surface area contributed by atoms with Crippen molar-refractivity contribution in [2.45, 2.75) is 32.4 Å². The Morgan fingerprint density at radius 1 is 1.32 bits per heavy atom. The van der Waals surface area contributed by atoms with Crippen LogP contribution in [0.3, 0.4) is 0 Å². The van der Waals surface area contributed by atoms with E-state index in [1.165, 1.54) is 46.3 Å². The normalized spacial score (nSPS) is 16.2. The molecule has 0 radical (unpaired) electrons. The van der Waals surface area contributed by atoms with Gasteiger partial charge < -0.3 is 10.6 Å². The molecular weight excluding hydrogens is 252 g/mol. The van der Waals surface area contributed by atoms with Crippen molar-refractivity contribution in [2.24, 2.45) is 11.7 Å². The molecule has 1 saturated carbocycles. The molecule has 0 atom stereocenters. The van der Waals surface area contributed by atoms with Gasteiger partial charge >= 0.3 is 0 Å². The average molecular weight is 274 g/mol. The standard InChI is InChI=1S/C16H22N2S/c1-18(10-12-5-4-6-12)11-14-13-7-2-3-8-15(13)19-16(14)9-17/h2-3,7-8,12H,4-6,9-11,17H2,1H3. The van der Waals surface area contributed by atoms with Gasteiger partial charge in [0.15, 0.2) is 0 Å². The molecule has 0 spiro atoms. The van der Waals surface area contributed by atoms with Crippen molar-refractivity contribution in [2.75, 3.05) is 13.6 Å². The number of benzene rings is 1. The lowest BCUT2D eigenvalue weighted by molar-refractivity contribution is 0.200. The lowest BCUT2D eigenvalue weighted by atomic mass is 9.85. The van der Waals surface area contributed by atoms with Gasteiger partial charge in [0.1, 0.15) is 0 Å². The molecule has 3 rings (SSSR count). The monoisotopic (exact) mass is 274 g/mol. The van der Waals surface area contributed by atoms with Gasteiger partial charge in [-0.15, -0.1) is 11.3 Å². The molecule has 1 fully saturated rings. The maximum Gasteiger partial charge on any atom is 0.0349 e. The fraction of sp³-hybridized carbons (Fsp3) is 0.500. The van der Waals surface area contributed by atoms with Crippen LogP contribution in [0.4, 0.5) is 0 Å². The minimum atomic E-state index is 0.659. The zero-order valence-electron chi connectivity index (χ0n) is 11.6. The van der Waals surface area contributed by atoms with E-state index in [0.29, 0.717) is 6.54 Å². The third-order valence-electron chi connectivity index (χ3n) is 4.19. The van der Waals surface area contributed by atoms with Crippen LogP contribution >= 0.6 is 11.3 Å². The molecule has 0 unspecified atom stereocenters. The molecular formula is C16H22N2S. The predicted molar refractivity (Wildman–Crippen MR) is 83.4 cm³/mol. The summed E-state index contributed by atoms with van der Waals surface area (Å²) in [5, 5.41) is 1.40. The van der Waals surface area contributed by atoms with Gasteiger partial charge in [-0.25, -0.2) is 0 Å². The summed E-state index contributed by atoms with van der Waals surface area (Å²) in [5.41, 5.74) is 7.37. The number of nitrogens with two attached hydrogens (primary N) is 1. The van der Waals surface area contributed by atoms with Gasteiger partial charge in [0.2, 0.25) is 0 Å². The second-order valence-electron chi connectivity index (χ2n) is 5.70. The minimum Gasteiger partial charge on any atom is -0.326 e. The third kappa shape index (κ3) is 2.69. The Labute approximate surface area is 119 Å². The molecule has 0 saturated heterocycles. The van der Waals surface area contributed by atoms with E-state index in [0.717, 1.165) is 12.5 Å². The number of hydrogen-bond acceptors (Lipinski definition) is 3. The van der Waals surface area contributed by atoms with Crippen LogP contribution < -0.4 is 5.73 Å². The Hall–Kier alpha value is -0.900. The fourth-order valence-corrected chi connectivity index (χ4v) is 4.03. The number of thiophene rings is 1. The molecule has 102 valence electrons. The van der Waals surface area contributed by atoms with Gasteiger partial charge in [-0.05, 0) is 42.8 Å². The summed E-state index contributed by atoms with van der Waals surface area (Å²) in [6.45, 7) is 2.92. The summed E-state index contributed by atoms with van der Waals surface area (Å²) < 4.78 is 1.37. The van der Waals surface area contributed by atoms with Crippen LogP contribution in [0.5, 0.6) is 0 Å². The zero-order chi connectivity index (χ0) is 13.2. The fourth-order valence-electron chi connectivity index (χ4n) is 2.94. The Bertz CT molecular complexity index is 557. The molecule has 1 aromatic carbocycles. The maximum atomic E-state index is 5.92. The first-order valence-electron chi connectivity index (χ1n) is 7.16. The highest BCUT2D eigenvalue weighted by Crippen LogP contribution is 2.33. The van der Waals surface area contributed by atoms with Crippen LogP contribution in [-0.2, 0) is 13.1 Å². The first-order chi connectivity index (χ1) is 9.28. The Kier molecular flexibility index (Phi) is 3.87. The van der Waals surface area contributed by atoms with E-state index in [1.807, 2.05) is 11.3 Å². The zero-order valence-corrected chi connectivity index (χ0v) is 12.4. The van der Waals surface area contributed by atoms with Gasteiger partial charge in [0, 0.05) is 29.2 Å². The molecule has 0 aliphatic heterocycles. The largest absolute Gasteiger partial charge is 0.326 e. The Morgan fingerprint density at radius 2 is 2.11 bits per heavy atom. The molecule has 2 nitrogen and oxygen atoms in total. The molecule has 1 aromatic heterocycles. The van der Waals surface area contributed by atoms with E-state index in [2.05, 4.69) is 36.2 Å². The van der Waals surface area contributed by atoms with Gasteiger partial charge in [0.25, 0.3) is 0 Å². The molecule has 19 heavy (non-hydrogen) atoms. The lowest BCUT2D eigenvalue weighted by Gasteiger charge is -2.30. The topological polar surface area (TPSA) is 29.3 Å². The van der Waals surface area contributed by atoms with Gasteiger partial charge in [0.05, 0.1) is 0 Å². The van der Waals surface area contributed by atoms with Gasteiger partial charge in [-0.1, -0.05) is 24.6 Å². The second kappa shape index (κ2) is 5.61. The number of rotatable bonds is 5. The van der Waals surface area contributed by atoms with Crippen molar-refractivity contribution in [1.29, 1.82) is 0 Å². The highest BCUT2D eigenvalue weighted by atomic mass is 32.1. The van der Waals surface area contributed by atoms with Crippen molar-refractivity contribution in [3.05, 3.63) is 34.7 Å². The van der Waals surface area contributed by atoms with Crippen LogP contribution in [0.1, 0.15) is 29.7 Å². The van der Waals surface area contributed by atoms with Crippen LogP contribution in [0.15, 0.2) is 24.3 Å². The maximum absolute atomic E-state index is 5.92. The molecule has 1 aliphatic carbocycles. The number of hydrogen-bond donors (Lipinski definition) is 1. The number of fused-ring (bicyclic) bond motifs is 1. The summed E-state index contributed by atoms with van der Waals surface area (Å²) in [6.07, 6.45) is 4.25. The summed E-state index contributed by atoms with van der Waals surface area (Å²) in [5.74, 6) is 0.927. The van der Waals surface area contributed by atoms with Crippen LogP contribution in [0.25, 0.3) is 10.1 Å². The average Bonchev–Trinajstić information content (AvgIpc) is 2.72. The van der Waals surface area contributed by atoms with Crippen LogP contribution in [0, 0.1) is 5.92 Å². The summed E-state index contributed by atoms with van der Waals surface area (Å²) in [6, 6.07) is 8.68. The van der Waals surface area contributed by atoms with Crippen molar-refractivity contribution in [1.82, 2.24) is 4.90 Å². The van der Waals surface area contributed by atoms with Crippen molar-refractivity contribution in [3.63, 3.8) is 0 Å². The van der Waals surface area contributed by atoms with Crippen LogP contribution in [0.2, 0.25) is 0 Å². The molecule has 0 amide bonds. The minimum absolute atomic E-state index is 0.659. The van der Waals surface area contributed by atoms with Crippen molar-refractivity contribution >= 4 is 21.4 Å². The van der Waals surface area contributed by atoms with E-state index in [9.17, 15) is 0 Å². The predicted octanol–water partition coefficient (Wildman–Crippen LogP) is 3.59. The second-order valence-corrected chi connectivity index (χ2v) is 6.83. The molecule has 1 aliphatic rings. The molecule has 1 heterocycles. The van der Waals surface area contributed by atoms with Gasteiger partial charge in [-0.3, -0.25) is 0 Å². The van der Waals surface area contributed by atoms with Gasteiger partial charge in [-0.2, -0.15) is 0 Å². The quantitative estimate of drug-likeness (QED) is 0.903. The first kappa shape index (κ1) is 13.1. The highest BCUT2D eigenvalue weighted by Gasteiger charge is 2.20. The van der Waals surface area contributed by atoms with Crippen molar-refractivity contribution < 1.29 is 0 Å². The molecule has 2 aromatic rings. The lowest BCUT2D eigenvalue weighted by Crippen LogP contribution is -2.29. The SMILES string of the molecule is CN(Cc1c(CN)sc2ccccc12)CC1CCC1. The van der Waals surface area contributed by atoms with E-state index >= 15 is 0 Å². The van der Waals surface area contributed by atoms with E-state index in [4.69, 9.17) is 5.73 Å².